The molecule has 0 bridgehead atoms. The lowest BCUT2D eigenvalue weighted by molar-refractivity contribution is -0.124. The Bertz CT molecular complexity index is 586. The van der Waals surface area contributed by atoms with Gasteiger partial charge in [-0.1, -0.05) is 37.3 Å². The first kappa shape index (κ1) is 17.1. The average molecular weight is 317 g/mol. The van der Waals surface area contributed by atoms with Crippen molar-refractivity contribution in [3.63, 3.8) is 0 Å². The topological polar surface area (TPSA) is 92.9 Å². The molecule has 0 aliphatic carbocycles. The zero-order chi connectivity index (χ0) is 16.7. The maximum absolute atomic E-state index is 12.5. The van der Waals surface area contributed by atoms with Gasteiger partial charge < -0.3 is 10.4 Å². The molecular formula is C16H23N5O2. The maximum atomic E-state index is 12.5. The summed E-state index contributed by atoms with van der Waals surface area (Å²) < 4.78 is 1.47. The highest BCUT2D eigenvalue weighted by molar-refractivity contribution is 5.80. The average Bonchev–Trinajstić information content (AvgIpc) is 3.05. The Kier molecular flexibility index (Phi) is 6.22. The first-order chi connectivity index (χ1) is 11.1. The molecule has 3 atom stereocenters. The van der Waals surface area contributed by atoms with Gasteiger partial charge in [-0.3, -0.25) is 4.79 Å². The molecule has 7 nitrogen and oxygen atoms in total. The fraction of sp³-hybridized carbons (Fsp3) is 0.500. The molecule has 1 aromatic carbocycles. The van der Waals surface area contributed by atoms with Gasteiger partial charge in [0.15, 0.2) is 0 Å². The number of hydrogen-bond donors (Lipinski definition) is 2. The van der Waals surface area contributed by atoms with Crippen molar-refractivity contribution < 1.29 is 9.90 Å². The zero-order valence-electron chi connectivity index (χ0n) is 13.5. The van der Waals surface area contributed by atoms with Gasteiger partial charge in [0.2, 0.25) is 5.91 Å². The van der Waals surface area contributed by atoms with Crippen LogP contribution in [0.15, 0.2) is 36.7 Å². The Labute approximate surface area is 135 Å². The summed E-state index contributed by atoms with van der Waals surface area (Å²) in [6.45, 7) is 4.25. The van der Waals surface area contributed by atoms with E-state index >= 15 is 0 Å². The summed E-state index contributed by atoms with van der Waals surface area (Å²) in [6.07, 6.45) is 2.24. The van der Waals surface area contributed by atoms with Gasteiger partial charge in [0.1, 0.15) is 12.4 Å². The SMILES string of the molecule is CC(O)CC(C)CNC(=O)C(Cc1ccccc1)n1cnnn1. The van der Waals surface area contributed by atoms with Crippen molar-refractivity contribution in [2.45, 2.75) is 38.8 Å². The van der Waals surface area contributed by atoms with E-state index in [1.165, 1.54) is 11.0 Å². The van der Waals surface area contributed by atoms with Crippen LogP contribution in [0.5, 0.6) is 0 Å². The largest absolute Gasteiger partial charge is 0.393 e. The number of aliphatic hydroxyl groups is 1. The van der Waals surface area contributed by atoms with Gasteiger partial charge in [0.25, 0.3) is 0 Å². The van der Waals surface area contributed by atoms with Crippen molar-refractivity contribution in [3.8, 4) is 0 Å². The Hall–Kier alpha value is -2.28. The molecular weight excluding hydrogens is 294 g/mol. The molecule has 1 amide bonds. The van der Waals surface area contributed by atoms with E-state index in [9.17, 15) is 9.90 Å². The molecule has 0 aliphatic rings. The summed E-state index contributed by atoms with van der Waals surface area (Å²) in [4.78, 5) is 12.5. The van der Waals surface area contributed by atoms with E-state index in [0.29, 0.717) is 19.4 Å². The van der Waals surface area contributed by atoms with Crippen LogP contribution in [-0.2, 0) is 11.2 Å². The number of benzene rings is 1. The number of nitrogens with zero attached hydrogens (tertiary/aromatic N) is 4. The minimum Gasteiger partial charge on any atom is -0.393 e. The second-order valence-electron chi connectivity index (χ2n) is 5.93. The number of carbonyl (C=O) groups is 1. The number of aromatic nitrogens is 4. The first-order valence-corrected chi connectivity index (χ1v) is 7.78. The van der Waals surface area contributed by atoms with E-state index in [4.69, 9.17) is 0 Å². The molecule has 0 radical (unpaired) electrons. The van der Waals surface area contributed by atoms with Gasteiger partial charge in [-0.2, -0.15) is 0 Å². The van der Waals surface area contributed by atoms with Crippen LogP contribution in [0.4, 0.5) is 0 Å². The summed E-state index contributed by atoms with van der Waals surface area (Å²) in [5.41, 5.74) is 1.04. The van der Waals surface area contributed by atoms with E-state index in [0.717, 1.165) is 5.56 Å². The summed E-state index contributed by atoms with van der Waals surface area (Å²) >= 11 is 0. The Morgan fingerprint density at radius 1 is 1.30 bits per heavy atom. The number of carbonyl (C=O) groups excluding carboxylic acids is 1. The molecule has 2 N–H and O–H groups in total. The summed E-state index contributed by atoms with van der Waals surface area (Å²) in [7, 11) is 0. The molecule has 0 saturated carbocycles. The highest BCUT2D eigenvalue weighted by Crippen LogP contribution is 2.13. The van der Waals surface area contributed by atoms with Crippen LogP contribution in [0.2, 0.25) is 0 Å². The quantitative estimate of drug-likeness (QED) is 0.757. The van der Waals surface area contributed by atoms with Crippen LogP contribution in [-0.4, -0.2) is 43.9 Å². The standard InChI is InChI=1S/C16H23N5O2/c1-12(8-13(2)22)10-17-16(23)15(21-11-18-19-20-21)9-14-6-4-3-5-7-14/h3-7,11-13,15,22H,8-10H2,1-2H3,(H,17,23). The second kappa shape index (κ2) is 8.38. The van der Waals surface area contributed by atoms with Crippen molar-refractivity contribution in [2.24, 2.45) is 5.92 Å². The van der Waals surface area contributed by atoms with E-state index < -0.39 is 6.04 Å². The first-order valence-electron chi connectivity index (χ1n) is 7.78. The third-order valence-corrected chi connectivity index (χ3v) is 3.63. The van der Waals surface area contributed by atoms with Gasteiger partial charge in [0.05, 0.1) is 6.10 Å². The van der Waals surface area contributed by atoms with Gasteiger partial charge in [-0.25, -0.2) is 4.68 Å². The van der Waals surface area contributed by atoms with E-state index in [1.807, 2.05) is 37.3 Å². The predicted octanol–water partition coefficient (Wildman–Crippen LogP) is 0.980. The molecule has 0 fully saturated rings. The molecule has 124 valence electrons. The zero-order valence-corrected chi connectivity index (χ0v) is 13.5. The molecule has 0 aliphatic heterocycles. The number of amides is 1. The smallest absolute Gasteiger partial charge is 0.245 e. The van der Waals surface area contributed by atoms with E-state index in [1.54, 1.807) is 6.92 Å². The van der Waals surface area contributed by atoms with Crippen LogP contribution in [0, 0.1) is 5.92 Å². The van der Waals surface area contributed by atoms with Gasteiger partial charge >= 0.3 is 0 Å². The van der Waals surface area contributed by atoms with Crippen LogP contribution in [0.25, 0.3) is 0 Å². The van der Waals surface area contributed by atoms with Crippen molar-refractivity contribution in [3.05, 3.63) is 42.2 Å². The molecule has 3 unspecified atom stereocenters. The number of aliphatic hydroxyl groups excluding tert-OH is 1. The minimum absolute atomic E-state index is 0.126. The van der Waals surface area contributed by atoms with Crippen LogP contribution >= 0.6 is 0 Å². The number of tetrazole rings is 1. The Morgan fingerprint density at radius 3 is 2.65 bits per heavy atom. The third-order valence-electron chi connectivity index (χ3n) is 3.63. The third kappa shape index (κ3) is 5.45. The van der Waals surface area contributed by atoms with E-state index in [2.05, 4.69) is 20.8 Å². The van der Waals surface area contributed by atoms with Crippen LogP contribution in [0.3, 0.4) is 0 Å². The number of hydrogen-bond acceptors (Lipinski definition) is 5. The molecule has 1 heterocycles. The van der Waals surface area contributed by atoms with Crippen molar-refractivity contribution in [2.75, 3.05) is 6.54 Å². The van der Waals surface area contributed by atoms with Crippen LogP contribution < -0.4 is 5.32 Å². The summed E-state index contributed by atoms with van der Waals surface area (Å²) in [5.74, 6) is 0.0730. The molecule has 0 spiro atoms. The fourth-order valence-corrected chi connectivity index (χ4v) is 2.51. The number of rotatable bonds is 8. The highest BCUT2D eigenvalue weighted by atomic mass is 16.3. The Morgan fingerprint density at radius 2 is 2.04 bits per heavy atom. The van der Waals surface area contributed by atoms with Gasteiger partial charge in [-0.05, 0) is 35.3 Å². The molecule has 2 aromatic rings. The minimum atomic E-state index is -0.494. The monoisotopic (exact) mass is 317 g/mol. The molecule has 0 saturated heterocycles. The molecule has 1 aromatic heterocycles. The molecule has 7 heteroatoms. The highest BCUT2D eigenvalue weighted by Gasteiger charge is 2.22. The number of nitrogens with one attached hydrogen (secondary N) is 1. The second-order valence-corrected chi connectivity index (χ2v) is 5.93. The lowest BCUT2D eigenvalue weighted by Gasteiger charge is -2.19. The van der Waals surface area contributed by atoms with Crippen molar-refractivity contribution in [1.82, 2.24) is 25.5 Å². The summed E-state index contributed by atoms with van der Waals surface area (Å²) in [6, 6.07) is 9.27. The van der Waals surface area contributed by atoms with Crippen LogP contribution in [0.1, 0.15) is 31.9 Å². The van der Waals surface area contributed by atoms with Gasteiger partial charge in [0, 0.05) is 13.0 Å². The van der Waals surface area contributed by atoms with Crippen molar-refractivity contribution >= 4 is 5.91 Å². The maximum Gasteiger partial charge on any atom is 0.245 e. The van der Waals surface area contributed by atoms with E-state index in [-0.39, 0.29) is 17.9 Å². The normalized spacial score (nSPS) is 14.9. The van der Waals surface area contributed by atoms with Crippen molar-refractivity contribution in [1.29, 1.82) is 0 Å². The van der Waals surface area contributed by atoms with Gasteiger partial charge in [-0.15, -0.1) is 5.10 Å². The lowest BCUT2D eigenvalue weighted by atomic mass is 10.0. The fourth-order valence-electron chi connectivity index (χ4n) is 2.51. The Balaban J connectivity index is 2.01. The lowest BCUT2D eigenvalue weighted by Crippen LogP contribution is -2.37. The molecule has 2 rings (SSSR count). The molecule has 23 heavy (non-hydrogen) atoms. The summed E-state index contributed by atoms with van der Waals surface area (Å²) in [5, 5.41) is 23.4. The predicted molar refractivity (Wildman–Crippen MR) is 85.5 cm³/mol.